The minimum atomic E-state index is -0.216. The molecule has 0 radical (unpaired) electrons. The van der Waals surface area contributed by atoms with Gasteiger partial charge >= 0.3 is 0 Å². The quantitative estimate of drug-likeness (QED) is 0.752. The summed E-state index contributed by atoms with van der Waals surface area (Å²) in [7, 11) is 0. The van der Waals surface area contributed by atoms with Gasteiger partial charge in [-0.2, -0.15) is 5.10 Å². The molecule has 1 aliphatic carbocycles. The third kappa shape index (κ3) is 3.19. The first kappa shape index (κ1) is 14.6. The largest absolute Gasteiger partial charge is 0.360 e. The van der Waals surface area contributed by atoms with Crippen LogP contribution in [0.15, 0.2) is 47.4 Å². The summed E-state index contributed by atoms with van der Waals surface area (Å²) in [6.45, 7) is 1.06. The van der Waals surface area contributed by atoms with Gasteiger partial charge in [-0.15, -0.1) is 0 Å². The van der Waals surface area contributed by atoms with Crippen molar-refractivity contribution in [3.63, 3.8) is 0 Å². The lowest BCUT2D eigenvalue weighted by Crippen LogP contribution is -2.27. The van der Waals surface area contributed by atoms with Crippen LogP contribution in [0.5, 0.6) is 0 Å². The van der Waals surface area contributed by atoms with E-state index in [9.17, 15) is 4.79 Å². The summed E-state index contributed by atoms with van der Waals surface area (Å²) in [6.07, 6.45) is 7.61. The maximum absolute atomic E-state index is 12.0. The van der Waals surface area contributed by atoms with Crippen LogP contribution in [-0.4, -0.2) is 32.4 Å². The molecule has 7 nitrogen and oxygen atoms in total. The molecule has 3 heterocycles. The fraction of sp³-hybridized carbons (Fsp3) is 0.294. The Morgan fingerprint density at radius 1 is 1.29 bits per heavy atom. The number of nitrogens with zero attached hydrogens (tertiary/aromatic N) is 4. The average Bonchev–Trinajstić information content (AvgIpc) is 3.16. The fourth-order valence-corrected chi connectivity index (χ4v) is 2.49. The van der Waals surface area contributed by atoms with Crippen molar-refractivity contribution in [3.05, 3.63) is 54.3 Å². The van der Waals surface area contributed by atoms with Gasteiger partial charge in [-0.05, 0) is 31.0 Å². The van der Waals surface area contributed by atoms with Gasteiger partial charge in [0.05, 0.1) is 12.2 Å². The molecule has 1 N–H and O–H groups in total. The van der Waals surface area contributed by atoms with Crippen LogP contribution in [0.3, 0.4) is 0 Å². The molecular weight excluding hydrogens is 306 g/mol. The smallest absolute Gasteiger partial charge is 0.273 e. The van der Waals surface area contributed by atoms with Gasteiger partial charge in [0.15, 0.2) is 5.69 Å². The topological polar surface area (TPSA) is 85.8 Å². The molecule has 24 heavy (non-hydrogen) atoms. The van der Waals surface area contributed by atoms with E-state index in [1.54, 1.807) is 23.1 Å². The maximum atomic E-state index is 12.0. The van der Waals surface area contributed by atoms with Crippen LogP contribution < -0.4 is 5.32 Å². The summed E-state index contributed by atoms with van der Waals surface area (Å²) in [6, 6.07) is 7.51. The van der Waals surface area contributed by atoms with E-state index in [1.165, 1.54) is 0 Å². The normalized spacial score (nSPS) is 13.8. The van der Waals surface area contributed by atoms with Crippen molar-refractivity contribution in [1.29, 1.82) is 0 Å². The second-order valence-electron chi connectivity index (χ2n) is 5.84. The number of rotatable bonds is 6. The number of pyridine rings is 1. The van der Waals surface area contributed by atoms with Gasteiger partial charge in [0, 0.05) is 42.7 Å². The number of hydrogen-bond donors (Lipinski definition) is 1. The highest BCUT2D eigenvalue weighted by Gasteiger charge is 2.28. The molecule has 1 fully saturated rings. The second-order valence-corrected chi connectivity index (χ2v) is 5.84. The van der Waals surface area contributed by atoms with Crippen molar-refractivity contribution in [2.24, 2.45) is 0 Å². The Kier molecular flexibility index (Phi) is 3.82. The molecule has 1 saturated carbocycles. The first-order chi connectivity index (χ1) is 11.8. The minimum Gasteiger partial charge on any atom is -0.360 e. The monoisotopic (exact) mass is 323 g/mol. The molecule has 0 aliphatic heterocycles. The number of carbonyl (C=O) groups is 1. The van der Waals surface area contributed by atoms with E-state index in [1.807, 2.05) is 24.4 Å². The Morgan fingerprint density at radius 3 is 2.92 bits per heavy atom. The highest BCUT2D eigenvalue weighted by molar-refractivity contribution is 5.92. The number of aromatic nitrogens is 4. The molecule has 3 aromatic rings. The molecule has 122 valence electrons. The Hall–Kier alpha value is -2.96. The molecule has 4 rings (SSSR count). The molecule has 1 amide bonds. The molecule has 0 atom stereocenters. The second kappa shape index (κ2) is 6.27. The van der Waals surface area contributed by atoms with E-state index in [2.05, 4.69) is 20.6 Å². The van der Waals surface area contributed by atoms with E-state index in [0.29, 0.717) is 24.7 Å². The van der Waals surface area contributed by atoms with Crippen molar-refractivity contribution in [2.75, 3.05) is 6.54 Å². The van der Waals surface area contributed by atoms with Gasteiger partial charge in [-0.3, -0.25) is 14.5 Å². The zero-order valence-electron chi connectivity index (χ0n) is 13.1. The van der Waals surface area contributed by atoms with E-state index in [0.717, 1.165) is 29.9 Å². The van der Waals surface area contributed by atoms with Crippen LogP contribution in [0.1, 0.15) is 35.0 Å². The first-order valence-corrected chi connectivity index (χ1v) is 7.98. The molecule has 0 spiro atoms. The third-order valence-corrected chi connectivity index (χ3v) is 3.98. The van der Waals surface area contributed by atoms with Gasteiger partial charge in [0.1, 0.15) is 5.76 Å². The van der Waals surface area contributed by atoms with Gasteiger partial charge in [0.2, 0.25) is 0 Å². The first-order valence-electron chi connectivity index (χ1n) is 7.98. The van der Waals surface area contributed by atoms with Crippen LogP contribution in [-0.2, 0) is 6.54 Å². The van der Waals surface area contributed by atoms with E-state index in [-0.39, 0.29) is 5.91 Å². The lowest BCUT2D eigenvalue weighted by Gasteiger charge is -2.03. The van der Waals surface area contributed by atoms with Crippen molar-refractivity contribution in [3.8, 4) is 11.3 Å². The van der Waals surface area contributed by atoms with Crippen molar-refractivity contribution in [2.45, 2.75) is 25.3 Å². The lowest BCUT2D eigenvalue weighted by molar-refractivity contribution is 0.0943. The Labute approximate surface area is 138 Å². The van der Waals surface area contributed by atoms with Gasteiger partial charge in [-0.25, -0.2) is 0 Å². The van der Waals surface area contributed by atoms with Crippen molar-refractivity contribution in [1.82, 2.24) is 25.2 Å². The summed E-state index contributed by atoms with van der Waals surface area (Å²) >= 11 is 0. The van der Waals surface area contributed by atoms with E-state index >= 15 is 0 Å². The van der Waals surface area contributed by atoms with Crippen molar-refractivity contribution < 1.29 is 9.32 Å². The zero-order valence-corrected chi connectivity index (χ0v) is 13.1. The fourth-order valence-electron chi connectivity index (χ4n) is 2.49. The predicted octanol–water partition coefficient (Wildman–Crippen LogP) is 2.24. The highest BCUT2D eigenvalue weighted by Crippen LogP contribution is 2.40. The summed E-state index contributed by atoms with van der Waals surface area (Å²) in [5.74, 6) is 1.05. The average molecular weight is 323 g/mol. The van der Waals surface area contributed by atoms with Crippen LogP contribution in [0.25, 0.3) is 11.3 Å². The Bertz CT molecular complexity index is 836. The van der Waals surface area contributed by atoms with Crippen LogP contribution in [0.2, 0.25) is 0 Å². The zero-order chi connectivity index (χ0) is 16.4. The summed E-state index contributed by atoms with van der Waals surface area (Å²) in [4.78, 5) is 16.0. The lowest BCUT2D eigenvalue weighted by atomic mass is 10.2. The highest BCUT2D eigenvalue weighted by atomic mass is 16.5. The number of hydrogen-bond acceptors (Lipinski definition) is 5. The summed E-state index contributed by atoms with van der Waals surface area (Å²) < 4.78 is 6.99. The molecular formula is C17H17N5O2. The standard InChI is InChI=1S/C17H17N5O2/c23-17(15-11-16(24-21-15)13-1-2-13)19-8-10-22-9-5-14(20-22)12-3-6-18-7-4-12/h3-7,9,11,13H,1-2,8,10H2,(H,19,23). The van der Waals surface area contributed by atoms with Crippen LogP contribution in [0, 0.1) is 0 Å². The van der Waals surface area contributed by atoms with Gasteiger partial charge < -0.3 is 9.84 Å². The molecule has 0 bridgehead atoms. The SMILES string of the molecule is O=C(NCCn1ccc(-c2ccncc2)n1)c1cc(C2CC2)on1. The van der Waals surface area contributed by atoms with E-state index in [4.69, 9.17) is 4.52 Å². The van der Waals surface area contributed by atoms with E-state index < -0.39 is 0 Å². The summed E-state index contributed by atoms with van der Waals surface area (Å²) in [5.41, 5.74) is 2.24. The molecule has 0 unspecified atom stereocenters. The Morgan fingerprint density at radius 2 is 2.12 bits per heavy atom. The molecule has 7 heteroatoms. The molecule has 3 aromatic heterocycles. The number of carbonyl (C=O) groups excluding carboxylic acids is 1. The Balaban J connectivity index is 1.30. The third-order valence-electron chi connectivity index (χ3n) is 3.98. The maximum Gasteiger partial charge on any atom is 0.273 e. The van der Waals surface area contributed by atoms with Crippen LogP contribution in [0.4, 0.5) is 0 Å². The van der Waals surface area contributed by atoms with Gasteiger partial charge in [0.25, 0.3) is 5.91 Å². The number of amides is 1. The molecule has 0 saturated heterocycles. The van der Waals surface area contributed by atoms with Crippen LogP contribution >= 0.6 is 0 Å². The number of nitrogens with one attached hydrogen (secondary N) is 1. The minimum absolute atomic E-state index is 0.216. The van der Waals surface area contributed by atoms with Gasteiger partial charge in [-0.1, -0.05) is 5.16 Å². The molecule has 1 aliphatic rings. The predicted molar refractivity (Wildman–Crippen MR) is 86.3 cm³/mol. The summed E-state index contributed by atoms with van der Waals surface area (Å²) in [5, 5.41) is 11.2. The van der Waals surface area contributed by atoms with Crippen molar-refractivity contribution >= 4 is 5.91 Å². The molecule has 0 aromatic carbocycles.